The normalized spacial score (nSPS) is 25.9. The molecule has 2 atom stereocenters. The van der Waals surface area contributed by atoms with Crippen molar-refractivity contribution >= 4 is 5.97 Å². The number of hydrogen-bond donors (Lipinski definition) is 2. The second-order valence-electron chi connectivity index (χ2n) is 5.14. The predicted molar refractivity (Wildman–Crippen MR) is 71.5 cm³/mol. The largest absolute Gasteiger partial charge is 0.465 e. The number of ether oxygens (including phenoxy) is 2. The third-order valence-electron chi connectivity index (χ3n) is 3.76. The lowest BCUT2D eigenvalue weighted by Gasteiger charge is -2.26. The van der Waals surface area contributed by atoms with Crippen LogP contribution in [0.25, 0.3) is 0 Å². The second-order valence-corrected chi connectivity index (χ2v) is 5.14. The van der Waals surface area contributed by atoms with Gasteiger partial charge in [-0.25, -0.2) is 4.79 Å². The summed E-state index contributed by atoms with van der Waals surface area (Å²) in [5.74, 6) is 0.761. The summed E-state index contributed by atoms with van der Waals surface area (Å²) in [5.41, 5.74) is -0.409. The maximum atomic E-state index is 11.5. The predicted octanol–water partition coefficient (Wildman–Crippen LogP) is 1.00. The molecule has 6 nitrogen and oxygen atoms in total. The van der Waals surface area contributed by atoms with Gasteiger partial charge in [-0.1, -0.05) is 0 Å². The van der Waals surface area contributed by atoms with Gasteiger partial charge in [0.2, 0.25) is 0 Å². The van der Waals surface area contributed by atoms with Gasteiger partial charge in [0, 0.05) is 19.6 Å². The van der Waals surface area contributed by atoms with Crippen molar-refractivity contribution in [3.8, 4) is 0 Å². The lowest BCUT2D eigenvalue weighted by Crippen LogP contribution is -2.45. The molecule has 1 saturated heterocycles. The first-order valence-electron chi connectivity index (χ1n) is 6.68. The first kappa shape index (κ1) is 15.0. The van der Waals surface area contributed by atoms with E-state index in [-0.39, 0.29) is 6.10 Å². The van der Waals surface area contributed by atoms with Crippen molar-refractivity contribution in [3.05, 3.63) is 23.2 Å². The van der Waals surface area contributed by atoms with Crippen LogP contribution in [0.5, 0.6) is 0 Å². The molecule has 2 rings (SSSR count). The molecule has 0 aromatic carbocycles. The van der Waals surface area contributed by atoms with E-state index in [1.807, 2.05) is 6.92 Å². The van der Waals surface area contributed by atoms with Gasteiger partial charge >= 0.3 is 5.97 Å². The van der Waals surface area contributed by atoms with Crippen LogP contribution in [0.15, 0.2) is 10.5 Å². The van der Waals surface area contributed by atoms with Crippen LogP contribution in [0, 0.1) is 6.92 Å². The van der Waals surface area contributed by atoms with Crippen LogP contribution in [-0.4, -0.2) is 43.0 Å². The number of aliphatic hydroxyl groups is 1. The molecular weight excluding hydrogens is 262 g/mol. The van der Waals surface area contributed by atoms with Gasteiger partial charge in [-0.2, -0.15) is 0 Å². The van der Waals surface area contributed by atoms with Crippen molar-refractivity contribution in [3.63, 3.8) is 0 Å². The van der Waals surface area contributed by atoms with Crippen LogP contribution in [0.3, 0.4) is 0 Å². The van der Waals surface area contributed by atoms with Crippen molar-refractivity contribution in [2.75, 3.05) is 20.3 Å². The maximum absolute atomic E-state index is 11.5. The Morgan fingerprint density at radius 1 is 1.65 bits per heavy atom. The van der Waals surface area contributed by atoms with E-state index in [2.05, 4.69) is 10.1 Å². The molecular formula is C14H21NO5. The molecule has 0 aliphatic carbocycles. The molecule has 0 spiro atoms. The van der Waals surface area contributed by atoms with Gasteiger partial charge in [0.25, 0.3) is 0 Å². The Morgan fingerprint density at radius 3 is 3.00 bits per heavy atom. The molecule has 2 heterocycles. The average Bonchev–Trinajstić information content (AvgIpc) is 2.93. The molecule has 0 bridgehead atoms. The van der Waals surface area contributed by atoms with E-state index in [9.17, 15) is 9.90 Å². The van der Waals surface area contributed by atoms with Crippen LogP contribution in [0.2, 0.25) is 0 Å². The van der Waals surface area contributed by atoms with Crippen molar-refractivity contribution in [2.45, 2.75) is 38.5 Å². The summed E-state index contributed by atoms with van der Waals surface area (Å²) in [6, 6.07) is 1.66. The van der Waals surface area contributed by atoms with E-state index >= 15 is 0 Å². The molecule has 0 amide bonds. The van der Waals surface area contributed by atoms with E-state index in [4.69, 9.17) is 9.15 Å². The first-order chi connectivity index (χ1) is 9.46. The first-order valence-corrected chi connectivity index (χ1v) is 6.68. The standard InChI is InChI=1S/C14H21NO5/c1-9-12(13(16)18-3)6-11(20-9)7-15-8-14(17)4-5-19-10(14)2/h6,10,15,17H,4-5,7-8H2,1-3H3. The summed E-state index contributed by atoms with van der Waals surface area (Å²) in [7, 11) is 1.34. The van der Waals surface area contributed by atoms with Gasteiger partial charge in [-0.05, 0) is 19.9 Å². The van der Waals surface area contributed by atoms with Gasteiger partial charge in [0.15, 0.2) is 0 Å². The Bertz CT molecular complexity index is 484. The van der Waals surface area contributed by atoms with Crippen LogP contribution in [0.4, 0.5) is 0 Å². The summed E-state index contributed by atoms with van der Waals surface area (Å²) in [6.45, 7) is 5.01. The van der Waals surface area contributed by atoms with Crippen molar-refractivity contribution in [1.82, 2.24) is 5.32 Å². The number of carbonyl (C=O) groups excluding carboxylic acids is 1. The van der Waals surface area contributed by atoms with Crippen LogP contribution in [0.1, 0.15) is 35.2 Å². The molecule has 1 aromatic heterocycles. The van der Waals surface area contributed by atoms with Crippen molar-refractivity contribution in [1.29, 1.82) is 0 Å². The fraction of sp³-hybridized carbons (Fsp3) is 0.643. The molecule has 20 heavy (non-hydrogen) atoms. The van der Waals surface area contributed by atoms with Crippen molar-refractivity contribution in [2.24, 2.45) is 0 Å². The number of carbonyl (C=O) groups is 1. The number of hydrogen-bond acceptors (Lipinski definition) is 6. The number of nitrogens with one attached hydrogen (secondary N) is 1. The highest BCUT2D eigenvalue weighted by Crippen LogP contribution is 2.25. The summed E-state index contributed by atoms with van der Waals surface area (Å²) in [6.07, 6.45) is 0.435. The maximum Gasteiger partial charge on any atom is 0.341 e. The molecule has 112 valence electrons. The van der Waals surface area contributed by atoms with Gasteiger partial charge in [-0.3, -0.25) is 0 Å². The van der Waals surface area contributed by atoms with E-state index in [0.717, 1.165) is 0 Å². The lowest BCUT2D eigenvalue weighted by molar-refractivity contribution is -0.0264. The number of furan rings is 1. The van der Waals surface area contributed by atoms with Gasteiger partial charge in [0.05, 0.1) is 19.8 Å². The Balaban J connectivity index is 1.90. The van der Waals surface area contributed by atoms with Gasteiger partial charge in [-0.15, -0.1) is 0 Å². The molecule has 2 N–H and O–H groups in total. The van der Waals surface area contributed by atoms with E-state index in [0.29, 0.717) is 43.2 Å². The zero-order valence-corrected chi connectivity index (χ0v) is 12.1. The summed E-state index contributed by atoms with van der Waals surface area (Å²) in [5, 5.41) is 13.5. The number of methoxy groups -OCH3 is 1. The van der Waals surface area contributed by atoms with Gasteiger partial charge in [0.1, 0.15) is 22.7 Å². The van der Waals surface area contributed by atoms with E-state index in [1.54, 1.807) is 13.0 Å². The highest BCUT2D eigenvalue weighted by atomic mass is 16.5. The van der Waals surface area contributed by atoms with Crippen LogP contribution < -0.4 is 5.32 Å². The minimum absolute atomic E-state index is 0.182. The van der Waals surface area contributed by atoms with E-state index in [1.165, 1.54) is 7.11 Å². The quantitative estimate of drug-likeness (QED) is 0.785. The third-order valence-corrected chi connectivity index (χ3v) is 3.76. The Hall–Kier alpha value is -1.37. The molecule has 0 saturated carbocycles. The summed E-state index contributed by atoms with van der Waals surface area (Å²) >= 11 is 0. The van der Waals surface area contributed by atoms with Gasteiger partial charge < -0.3 is 24.3 Å². The van der Waals surface area contributed by atoms with E-state index < -0.39 is 11.6 Å². The zero-order valence-electron chi connectivity index (χ0n) is 12.1. The topological polar surface area (TPSA) is 80.9 Å². The summed E-state index contributed by atoms with van der Waals surface area (Å²) < 4.78 is 15.5. The molecule has 0 radical (unpaired) electrons. The zero-order chi connectivity index (χ0) is 14.8. The molecule has 1 fully saturated rings. The second kappa shape index (κ2) is 5.95. The average molecular weight is 283 g/mol. The number of rotatable bonds is 5. The monoisotopic (exact) mass is 283 g/mol. The highest BCUT2D eigenvalue weighted by Gasteiger charge is 2.39. The SMILES string of the molecule is COC(=O)c1cc(CNCC2(O)CCOC2C)oc1C. The van der Waals surface area contributed by atoms with Crippen molar-refractivity contribution < 1.29 is 23.8 Å². The Kier molecular flexibility index (Phi) is 4.47. The smallest absolute Gasteiger partial charge is 0.341 e. The minimum Gasteiger partial charge on any atom is -0.465 e. The summed E-state index contributed by atoms with van der Waals surface area (Å²) in [4.78, 5) is 11.5. The number of aryl methyl sites for hydroxylation is 1. The minimum atomic E-state index is -0.840. The fourth-order valence-corrected chi connectivity index (χ4v) is 2.35. The Labute approximate surface area is 118 Å². The Morgan fingerprint density at radius 2 is 2.40 bits per heavy atom. The molecule has 1 aromatic rings. The molecule has 1 aliphatic heterocycles. The number of esters is 1. The lowest BCUT2D eigenvalue weighted by atomic mass is 9.97. The highest BCUT2D eigenvalue weighted by molar-refractivity contribution is 5.90. The molecule has 2 unspecified atom stereocenters. The van der Waals surface area contributed by atoms with Crippen LogP contribution in [-0.2, 0) is 16.0 Å². The third kappa shape index (κ3) is 3.03. The molecule has 1 aliphatic rings. The fourth-order valence-electron chi connectivity index (χ4n) is 2.35. The van der Waals surface area contributed by atoms with Crippen LogP contribution >= 0.6 is 0 Å². The molecule has 6 heteroatoms.